The summed E-state index contributed by atoms with van der Waals surface area (Å²) in [7, 11) is 0. The number of carbonyl (C=O) groups excluding carboxylic acids is 1. The maximum Gasteiger partial charge on any atom is 0.293 e. The molecule has 0 spiro atoms. The summed E-state index contributed by atoms with van der Waals surface area (Å²) in [5.41, 5.74) is 1.34. The molecule has 0 aliphatic carbocycles. The smallest absolute Gasteiger partial charge is 0.293 e. The molecule has 1 aliphatic rings. The van der Waals surface area contributed by atoms with Gasteiger partial charge in [-0.1, -0.05) is 11.6 Å². The summed E-state index contributed by atoms with van der Waals surface area (Å²) in [5, 5.41) is 17.8. The third-order valence-corrected chi connectivity index (χ3v) is 5.73. The molecule has 1 saturated heterocycles. The van der Waals surface area contributed by atoms with Gasteiger partial charge in [0.15, 0.2) is 5.11 Å². The second-order valence-electron chi connectivity index (χ2n) is 7.47. The van der Waals surface area contributed by atoms with Gasteiger partial charge in [0, 0.05) is 35.3 Å². The molecule has 176 valence electrons. The number of furan rings is 1. The van der Waals surface area contributed by atoms with E-state index in [4.69, 9.17) is 33.0 Å². The van der Waals surface area contributed by atoms with Crippen LogP contribution in [0.3, 0.4) is 0 Å². The van der Waals surface area contributed by atoms with Crippen molar-refractivity contribution in [3.8, 4) is 11.3 Å². The summed E-state index contributed by atoms with van der Waals surface area (Å²) >= 11 is 11.1. The van der Waals surface area contributed by atoms with E-state index in [-0.39, 0.29) is 22.9 Å². The molecule has 2 N–H and O–H groups in total. The van der Waals surface area contributed by atoms with Crippen molar-refractivity contribution in [2.75, 3.05) is 31.2 Å². The molecule has 2 heterocycles. The van der Waals surface area contributed by atoms with E-state index in [9.17, 15) is 14.9 Å². The van der Waals surface area contributed by atoms with Crippen LogP contribution in [-0.4, -0.2) is 42.2 Å². The van der Waals surface area contributed by atoms with Gasteiger partial charge in [-0.15, -0.1) is 0 Å². The average molecular weight is 501 g/mol. The highest BCUT2D eigenvalue weighted by atomic mass is 35.5. The van der Waals surface area contributed by atoms with Crippen molar-refractivity contribution >= 4 is 46.2 Å². The van der Waals surface area contributed by atoms with Crippen LogP contribution in [0, 0.1) is 10.1 Å². The van der Waals surface area contributed by atoms with Crippen LogP contribution in [0.25, 0.3) is 11.3 Å². The molecular formula is C23H21ClN4O5S. The molecule has 0 atom stereocenters. The molecule has 1 aliphatic heterocycles. The largest absolute Gasteiger partial charge is 0.459 e. The summed E-state index contributed by atoms with van der Waals surface area (Å²) in [6, 6.07) is 15.3. The molecule has 34 heavy (non-hydrogen) atoms. The predicted octanol–water partition coefficient (Wildman–Crippen LogP) is 4.15. The van der Waals surface area contributed by atoms with Gasteiger partial charge in [-0.2, -0.15) is 0 Å². The number of ether oxygens (including phenoxy) is 1. The van der Waals surface area contributed by atoms with Crippen LogP contribution < -0.4 is 15.5 Å². The summed E-state index contributed by atoms with van der Waals surface area (Å²) in [6.07, 6.45) is 0. The number of anilines is 1. The molecule has 1 aromatic heterocycles. The Labute approximate surface area is 205 Å². The molecule has 1 amide bonds. The van der Waals surface area contributed by atoms with Gasteiger partial charge in [0.25, 0.3) is 11.6 Å². The molecular weight excluding hydrogens is 480 g/mol. The normalized spacial score (nSPS) is 13.4. The molecule has 0 bridgehead atoms. The van der Waals surface area contributed by atoms with Crippen LogP contribution in [-0.2, 0) is 11.3 Å². The number of nitro benzene ring substituents is 1. The molecule has 11 heteroatoms. The number of benzene rings is 2. The summed E-state index contributed by atoms with van der Waals surface area (Å²) in [5.74, 6) is 0.749. The number of rotatable bonds is 6. The number of carbonyl (C=O) groups is 1. The fourth-order valence-electron chi connectivity index (χ4n) is 3.51. The lowest BCUT2D eigenvalue weighted by atomic mass is 10.1. The second kappa shape index (κ2) is 10.6. The lowest BCUT2D eigenvalue weighted by molar-refractivity contribution is -0.384. The first-order valence-corrected chi connectivity index (χ1v) is 11.2. The van der Waals surface area contributed by atoms with Crippen LogP contribution in [0.15, 0.2) is 59.0 Å². The van der Waals surface area contributed by atoms with Crippen molar-refractivity contribution in [3.05, 3.63) is 81.1 Å². The molecule has 4 rings (SSSR count). The first-order valence-electron chi connectivity index (χ1n) is 10.5. The number of halogens is 1. The Bertz CT molecular complexity index is 1210. The summed E-state index contributed by atoms with van der Waals surface area (Å²) in [4.78, 5) is 25.6. The van der Waals surface area contributed by atoms with Crippen LogP contribution in [0.5, 0.6) is 0 Å². The van der Waals surface area contributed by atoms with E-state index in [1.165, 1.54) is 6.07 Å². The zero-order valence-electron chi connectivity index (χ0n) is 18.0. The lowest BCUT2D eigenvalue weighted by Gasteiger charge is -2.28. The topological polar surface area (TPSA) is 110 Å². The van der Waals surface area contributed by atoms with E-state index in [0.29, 0.717) is 48.5 Å². The van der Waals surface area contributed by atoms with E-state index in [2.05, 4.69) is 10.6 Å². The Morgan fingerprint density at radius 3 is 2.56 bits per heavy atom. The summed E-state index contributed by atoms with van der Waals surface area (Å²) < 4.78 is 11.1. The van der Waals surface area contributed by atoms with Crippen molar-refractivity contribution < 1.29 is 18.9 Å². The fourth-order valence-corrected chi connectivity index (χ4v) is 3.80. The van der Waals surface area contributed by atoms with Crippen LogP contribution in [0.2, 0.25) is 5.02 Å². The third kappa shape index (κ3) is 5.71. The third-order valence-electron chi connectivity index (χ3n) is 5.23. The highest BCUT2D eigenvalue weighted by molar-refractivity contribution is 7.80. The molecule has 1 fully saturated rings. The molecule has 0 unspecified atom stereocenters. The molecule has 2 aromatic carbocycles. The molecule has 0 saturated carbocycles. The Morgan fingerprint density at radius 2 is 1.85 bits per heavy atom. The van der Waals surface area contributed by atoms with Crippen molar-refractivity contribution in [1.82, 2.24) is 10.6 Å². The minimum absolute atomic E-state index is 0.0781. The van der Waals surface area contributed by atoms with Gasteiger partial charge in [0.05, 0.1) is 24.7 Å². The monoisotopic (exact) mass is 500 g/mol. The number of morpholine rings is 1. The zero-order chi connectivity index (χ0) is 24.1. The number of amides is 1. The minimum Gasteiger partial charge on any atom is -0.459 e. The first-order chi connectivity index (χ1) is 16.4. The number of hydrogen-bond acceptors (Lipinski definition) is 7. The number of hydrogen-bond donors (Lipinski definition) is 2. The van der Waals surface area contributed by atoms with E-state index < -0.39 is 10.8 Å². The van der Waals surface area contributed by atoms with Gasteiger partial charge in [-0.05, 0) is 60.7 Å². The Hall–Kier alpha value is -3.47. The van der Waals surface area contributed by atoms with Gasteiger partial charge in [-0.25, -0.2) is 0 Å². The predicted molar refractivity (Wildman–Crippen MR) is 132 cm³/mol. The van der Waals surface area contributed by atoms with Crippen LogP contribution in [0.1, 0.15) is 16.1 Å². The highest BCUT2D eigenvalue weighted by Crippen LogP contribution is 2.30. The van der Waals surface area contributed by atoms with Crippen molar-refractivity contribution in [2.24, 2.45) is 0 Å². The quantitative estimate of drug-likeness (QED) is 0.295. The van der Waals surface area contributed by atoms with E-state index in [1.54, 1.807) is 30.3 Å². The number of nitrogens with zero attached hydrogens (tertiary/aromatic N) is 2. The standard InChI is InChI=1S/C23H21ClN4O5S/c24-17-4-1-15(2-5-17)21-8-6-18(33-21)14-25-23(34)26-22(29)16-3-7-19(20(13-16)28(30)31)27-9-11-32-12-10-27/h1-8,13H,9-12,14H2,(H2,25,26,29,34). The van der Waals surface area contributed by atoms with Crippen LogP contribution in [0.4, 0.5) is 11.4 Å². The number of nitrogens with one attached hydrogen (secondary N) is 2. The van der Waals surface area contributed by atoms with Crippen molar-refractivity contribution in [3.63, 3.8) is 0 Å². The van der Waals surface area contributed by atoms with Gasteiger partial charge >= 0.3 is 0 Å². The lowest BCUT2D eigenvalue weighted by Crippen LogP contribution is -2.39. The van der Waals surface area contributed by atoms with Gasteiger partial charge in [-0.3, -0.25) is 20.2 Å². The maximum absolute atomic E-state index is 12.6. The SMILES string of the molecule is O=C(NC(=S)NCc1ccc(-c2ccc(Cl)cc2)o1)c1ccc(N2CCOCC2)c([N+](=O)[O-])c1. The summed E-state index contributed by atoms with van der Waals surface area (Å²) in [6.45, 7) is 2.34. The van der Waals surface area contributed by atoms with Crippen molar-refractivity contribution in [2.45, 2.75) is 6.54 Å². The molecule has 9 nitrogen and oxygen atoms in total. The molecule has 0 radical (unpaired) electrons. The number of thiocarbonyl (C=S) groups is 1. The van der Waals surface area contributed by atoms with Gasteiger partial charge in [0.2, 0.25) is 0 Å². The Balaban J connectivity index is 1.36. The second-order valence-corrected chi connectivity index (χ2v) is 8.31. The minimum atomic E-state index is -0.546. The first kappa shape index (κ1) is 23.7. The average Bonchev–Trinajstić information content (AvgIpc) is 3.32. The highest BCUT2D eigenvalue weighted by Gasteiger charge is 2.23. The zero-order valence-corrected chi connectivity index (χ0v) is 19.5. The Morgan fingerprint density at radius 1 is 1.12 bits per heavy atom. The van der Waals surface area contributed by atoms with E-state index >= 15 is 0 Å². The van der Waals surface area contributed by atoms with Gasteiger partial charge in [0.1, 0.15) is 17.2 Å². The van der Waals surface area contributed by atoms with Gasteiger partial charge < -0.3 is 19.4 Å². The van der Waals surface area contributed by atoms with Crippen molar-refractivity contribution in [1.29, 1.82) is 0 Å². The maximum atomic E-state index is 12.6. The van der Waals surface area contributed by atoms with Crippen LogP contribution >= 0.6 is 23.8 Å². The molecule has 3 aromatic rings. The Kier molecular flexibility index (Phi) is 7.41. The number of nitro groups is 1. The van der Waals surface area contributed by atoms with E-state index in [1.807, 2.05) is 23.1 Å². The fraction of sp³-hybridized carbons (Fsp3) is 0.217. The van der Waals surface area contributed by atoms with E-state index in [0.717, 1.165) is 5.56 Å².